The van der Waals surface area contributed by atoms with Crippen LogP contribution in [0.5, 0.6) is 0 Å². The second kappa shape index (κ2) is 2.49. The van der Waals surface area contributed by atoms with Gasteiger partial charge in [0.05, 0.1) is 10.6 Å². The van der Waals surface area contributed by atoms with Crippen molar-refractivity contribution in [1.29, 1.82) is 0 Å². The molecule has 1 heterocycles. The highest BCUT2D eigenvalue weighted by Gasteiger charge is 2.32. The van der Waals surface area contributed by atoms with Crippen LogP contribution in [0.2, 0.25) is 0 Å². The Morgan fingerprint density at radius 1 is 1.64 bits per heavy atom. The fourth-order valence-corrected chi connectivity index (χ4v) is 2.05. The number of hydrogen-bond acceptors (Lipinski definition) is 4. The van der Waals surface area contributed by atoms with Crippen LogP contribution in [-0.2, 0) is 14.3 Å². The number of nitrogens with two attached hydrogens (primary N) is 1. The van der Waals surface area contributed by atoms with E-state index in [0.29, 0.717) is 12.1 Å². The first-order valence-electron chi connectivity index (χ1n) is 3.38. The van der Waals surface area contributed by atoms with Crippen molar-refractivity contribution in [1.82, 2.24) is 0 Å². The van der Waals surface area contributed by atoms with E-state index in [-0.39, 0.29) is 4.91 Å². The zero-order chi connectivity index (χ0) is 8.65. The summed E-state index contributed by atoms with van der Waals surface area (Å²) in [5, 5.41) is 0. The molecule has 0 amide bonds. The van der Waals surface area contributed by atoms with Gasteiger partial charge in [-0.1, -0.05) is 6.92 Å². The Bertz CT molecular complexity index is 291. The van der Waals surface area contributed by atoms with Gasteiger partial charge in [-0.25, -0.2) is 0 Å². The fourth-order valence-electron chi connectivity index (χ4n) is 0.936. The predicted molar refractivity (Wildman–Crippen MR) is 41.0 cm³/mol. The van der Waals surface area contributed by atoms with Gasteiger partial charge >= 0.3 is 0 Å². The van der Waals surface area contributed by atoms with E-state index in [1.165, 1.54) is 6.92 Å². The smallest absolute Gasteiger partial charge is 0.295 e. The molecule has 0 aromatic carbocycles. The quantitative estimate of drug-likeness (QED) is 0.585. The highest BCUT2D eigenvalue weighted by Crippen LogP contribution is 2.26. The van der Waals surface area contributed by atoms with Crippen LogP contribution in [0.3, 0.4) is 0 Å². The second-order valence-electron chi connectivity index (χ2n) is 2.46. The molecule has 0 radical (unpaired) electrons. The van der Waals surface area contributed by atoms with Crippen molar-refractivity contribution in [3.63, 3.8) is 0 Å². The van der Waals surface area contributed by atoms with Crippen LogP contribution in [0, 0.1) is 0 Å². The Balaban J connectivity index is 3.08. The zero-order valence-electron chi connectivity index (χ0n) is 6.49. The third kappa shape index (κ3) is 1.25. The van der Waals surface area contributed by atoms with Crippen molar-refractivity contribution < 1.29 is 12.6 Å². The normalized spacial score (nSPS) is 29.5. The van der Waals surface area contributed by atoms with Gasteiger partial charge in [0.1, 0.15) is 6.10 Å². The average molecular weight is 177 g/mol. The molecule has 1 aliphatic rings. The van der Waals surface area contributed by atoms with Gasteiger partial charge in [0.15, 0.2) is 0 Å². The Labute approximate surface area is 66.2 Å². The van der Waals surface area contributed by atoms with Crippen molar-refractivity contribution in [2.24, 2.45) is 5.73 Å². The van der Waals surface area contributed by atoms with Crippen LogP contribution in [-0.4, -0.2) is 14.5 Å². The van der Waals surface area contributed by atoms with Gasteiger partial charge in [-0.3, -0.25) is 4.18 Å². The number of hydrogen-bond donors (Lipinski definition) is 1. The molecule has 11 heavy (non-hydrogen) atoms. The molecular weight excluding hydrogens is 166 g/mol. The van der Waals surface area contributed by atoms with E-state index in [0.717, 1.165) is 0 Å². The predicted octanol–water partition coefficient (Wildman–Crippen LogP) is 0.315. The molecule has 0 spiro atoms. The molecule has 4 nitrogen and oxygen atoms in total. The number of rotatable bonds is 1. The molecule has 1 rings (SSSR count). The first-order valence-corrected chi connectivity index (χ1v) is 4.79. The van der Waals surface area contributed by atoms with E-state index in [2.05, 4.69) is 0 Å². The van der Waals surface area contributed by atoms with E-state index in [4.69, 9.17) is 9.92 Å². The topological polar surface area (TPSA) is 69.4 Å². The van der Waals surface area contributed by atoms with Crippen molar-refractivity contribution in [3.05, 3.63) is 10.6 Å². The molecule has 0 saturated heterocycles. The minimum Gasteiger partial charge on any atom is -0.399 e. The third-order valence-electron chi connectivity index (χ3n) is 1.74. The monoisotopic (exact) mass is 177 g/mol. The molecule has 64 valence electrons. The lowest BCUT2D eigenvalue weighted by Gasteiger charge is -2.04. The molecule has 0 fully saturated rings. The summed E-state index contributed by atoms with van der Waals surface area (Å²) >= 11 is 0. The molecule has 5 heteroatoms. The van der Waals surface area contributed by atoms with E-state index in [9.17, 15) is 8.42 Å². The van der Waals surface area contributed by atoms with Crippen LogP contribution >= 0.6 is 0 Å². The summed E-state index contributed by atoms with van der Waals surface area (Å²) in [6, 6.07) is 0. The molecular formula is C6H11NO3S. The van der Waals surface area contributed by atoms with Crippen LogP contribution < -0.4 is 5.73 Å². The highest BCUT2D eigenvalue weighted by molar-refractivity contribution is 7.90. The molecule has 0 aliphatic carbocycles. The van der Waals surface area contributed by atoms with Gasteiger partial charge in [-0.05, 0) is 13.3 Å². The molecule has 0 saturated carbocycles. The van der Waals surface area contributed by atoms with Gasteiger partial charge in [-0.15, -0.1) is 0 Å². The summed E-state index contributed by atoms with van der Waals surface area (Å²) in [6.45, 7) is 3.28. The molecule has 0 aromatic heterocycles. The third-order valence-corrected chi connectivity index (χ3v) is 3.21. The van der Waals surface area contributed by atoms with Crippen LogP contribution in [0.15, 0.2) is 10.6 Å². The van der Waals surface area contributed by atoms with Gasteiger partial charge in [0, 0.05) is 0 Å². The molecule has 0 bridgehead atoms. The zero-order valence-corrected chi connectivity index (χ0v) is 7.31. The lowest BCUT2D eigenvalue weighted by Crippen LogP contribution is -2.15. The summed E-state index contributed by atoms with van der Waals surface area (Å²) in [5.74, 6) is 0. The van der Waals surface area contributed by atoms with Crippen LogP contribution in [0.25, 0.3) is 0 Å². The SMILES string of the molecule is CCC1OS(=O)(=O)C(C)=C1N. The Morgan fingerprint density at radius 3 is 2.36 bits per heavy atom. The van der Waals surface area contributed by atoms with Crippen molar-refractivity contribution >= 4 is 10.1 Å². The van der Waals surface area contributed by atoms with Crippen LogP contribution in [0.1, 0.15) is 20.3 Å². The summed E-state index contributed by atoms with van der Waals surface area (Å²) in [6.07, 6.45) is 0.141. The molecule has 1 atom stereocenters. The van der Waals surface area contributed by atoms with Crippen molar-refractivity contribution in [2.75, 3.05) is 0 Å². The lowest BCUT2D eigenvalue weighted by atomic mass is 10.2. The Morgan fingerprint density at radius 2 is 2.18 bits per heavy atom. The summed E-state index contributed by atoms with van der Waals surface area (Å²) in [5.41, 5.74) is 5.82. The maximum absolute atomic E-state index is 11.0. The van der Waals surface area contributed by atoms with Gasteiger partial charge in [-0.2, -0.15) is 8.42 Å². The largest absolute Gasteiger partial charge is 0.399 e. The van der Waals surface area contributed by atoms with Crippen molar-refractivity contribution in [3.8, 4) is 0 Å². The summed E-state index contributed by atoms with van der Waals surface area (Å²) in [4.78, 5) is 0.157. The molecule has 1 aliphatic heterocycles. The van der Waals surface area contributed by atoms with E-state index in [1.54, 1.807) is 0 Å². The van der Waals surface area contributed by atoms with Crippen molar-refractivity contribution in [2.45, 2.75) is 26.4 Å². The summed E-state index contributed by atoms with van der Waals surface area (Å²) < 4.78 is 26.7. The maximum Gasteiger partial charge on any atom is 0.295 e. The average Bonchev–Trinajstić information content (AvgIpc) is 2.13. The van der Waals surface area contributed by atoms with E-state index < -0.39 is 16.2 Å². The second-order valence-corrected chi connectivity index (χ2v) is 4.17. The number of allylic oxidation sites excluding steroid dienone is 1. The summed E-state index contributed by atoms with van der Waals surface area (Å²) in [7, 11) is -3.48. The minimum atomic E-state index is -3.48. The van der Waals surface area contributed by atoms with Gasteiger partial charge < -0.3 is 5.73 Å². The van der Waals surface area contributed by atoms with Gasteiger partial charge in [0.25, 0.3) is 10.1 Å². The Hall–Kier alpha value is -0.550. The highest BCUT2D eigenvalue weighted by atomic mass is 32.2. The fraction of sp³-hybridized carbons (Fsp3) is 0.667. The van der Waals surface area contributed by atoms with E-state index in [1.807, 2.05) is 6.92 Å². The molecule has 1 unspecified atom stereocenters. The minimum absolute atomic E-state index is 0.157. The standard InChI is InChI=1S/C6H11NO3S/c1-3-5-6(7)4(2)11(8,9)10-5/h5H,3,7H2,1-2H3. The first kappa shape index (κ1) is 8.55. The molecule has 0 aromatic rings. The first-order chi connectivity index (χ1) is 4.99. The Kier molecular flexibility index (Phi) is 1.94. The molecule has 2 N–H and O–H groups in total. The lowest BCUT2D eigenvalue weighted by molar-refractivity contribution is 0.254. The van der Waals surface area contributed by atoms with E-state index >= 15 is 0 Å². The van der Waals surface area contributed by atoms with Gasteiger partial charge in [0.2, 0.25) is 0 Å². The van der Waals surface area contributed by atoms with Crippen LogP contribution in [0.4, 0.5) is 0 Å². The maximum atomic E-state index is 11.0.